The zero-order valence-electron chi connectivity index (χ0n) is 8.45. The number of rotatable bonds is 0. The van der Waals surface area contributed by atoms with Crippen molar-refractivity contribution in [2.24, 2.45) is 0 Å². The van der Waals surface area contributed by atoms with Crippen LogP contribution in [0.1, 0.15) is 32.1 Å². The van der Waals surface area contributed by atoms with Crippen LogP contribution < -0.4 is 0 Å². The Morgan fingerprint density at radius 1 is 0.733 bits per heavy atom. The van der Waals surface area contributed by atoms with Gasteiger partial charge in [-0.3, -0.25) is 0 Å². The van der Waals surface area contributed by atoms with Crippen LogP contribution in [-0.4, -0.2) is 20.4 Å². The molecule has 0 bridgehead atoms. The third kappa shape index (κ3) is 7.75. The van der Waals surface area contributed by atoms with Crippen molar-refractivity contribution >= 4 is 11.3 Å². The molecule has 82 valence electrons. The summed E-state index contributed by atoms with van der Waals surface area (Å²) in [4.78, 5) is 0. The van der Waals surface area contributed by atoms with Crippen molar-refractivity contribution in [3.05, 3.63) is 23.8 Å². The molecule has 0 spiro atoms. The second-order valence-electron chi connectivity index (χ2n) is 2.92. The van der Waals surface area contributed by atoms with Gasteiger partial charge in [-0.15, -0.1) is 31.7 Å². The van der Waals surface area contributed by atoms with Crippen molar-refractivity contribution in [1.29, 1.82) is 0 Å². The van der Waals surface area contributed by atoms with E-state index in [1.807, 2.05) is 0 Å². The van der Waals surface area contributed by atoms with E-state index < -0.39 is 0 Å². The minimum atomic E-state index is 1.26. The molecule has 0 radical (unpaired) electrons. The van der Waals surface area contributed by atoms with Gasteiger partial charge in [0, 0.05) is 0 Å². The molecule has 6 heteroatoms. The first-order valence-corrected chi connectivity index (χ1v) is 5.82. The molecule has 0 aliphatic heterocycles. The highest BCUT2D eigenvalue weighted by atomic mass is 32.1. The van der Waals surface area contributed by atoms with Gasteiger partial charge in [0.25, 0.3) is 0 Å². The summed E-state index contributed by atoms with van der Waals surface area (Å²) in [6.45, 7) is 0. The van der Waals surface area contributed by atoms with Crippen LogP contribution in [0.3, 0.4) is 0 Å². The smallest absolute Gasteiger partial charge is 0.203 e. The normalized spacial score (nSPS) is 13.3. The molecule has 2 aromatic heterocycles. The average molecular weight is 226 g/mol. The highest BCUT2D eigenvalue weighted by Gasteiger charge is 1.95. The van der Waals surface area contributed by atoms with Crippen molar-refractivity contribution in [1.82, 2.24) is 20.4 Å². The number of nitrogens with zero attached hydrogens (tertiary/aromatic N) is 4. The summed E-state index contributed by atoms with van der Waals surface area (Å²) >= 11 is 1.49. The Balaban J connectivity index is 0.000000112. The Kier molecular flexibility index (Phi) is 7.27. The molecule has 0 saturated heterocycles. The number of hydrogen-bond donors (Lipinski definition) is 0. The first kappa shape index (κ1) is 11.8. The second-order valence-corrected chi connectivity index (χ2v) is 3.62. The first-order chi connectivity index (χ1) is 7.50. The Hall–Kier alpha value is -1.30. The topological polar surface area (TPSA) is 64.7 Å². The first-order valence-electron chi connectivity index (χ1n) is 4.88. The van der Waals surface area contributed by atoms with Gasteiger partial charge in [0.05, 0.1) is 0 Å². The maximum Gasteiger partial charge on any atom is 0.203 e. The Morgan fingerprint density at radius 2 is 1.20 bits per heavy atom. The van der Waals surface area contributed by atoms with E-state index in [1.54, 1.807) is 11.0 Å². The van der Waals surface area contributed by atoms with Gasteiger partial charge in [0.2, 0.25) is 12.8 Å². The van der Waals surface area contributed by atoms with Gasteiger partial charge in [-0.1, -0.05) is 32.1 Å². The predicted molar refractivity (Wildman–Crippen MR) is 57.3 cm³/mol. The van der Waals surface area contributed by atoms with Crippen LogP contribution in [0.25, 0.3) is 0 Å². The molecular weight excluding hydrogens is 212 g/mol. The molecule has 15 heavy (non-hydrogen) atoms. The zero-order chi connectivity index (χ0) is 10.6. The van der Waals surface area contributed by atoms with Crippen LogP contribution >= 0.6 is 11.3 Å². The fourth-order valence-electron chi connectivity index (χ4n) is 1.16. The molecule has 0 aromatic carbocycles. The lowest BCUT2D eigenvalue weighted by atomic mass is 10.4. The Morgan fingerprint density at radius 3 is 1.40 bits per heavy atom. The van der Waals surface area contributed by atoms with E-state index in [1.165, 1.54) is 56.2 Å². The number of hydrogen-bond acceptors (Lipinski definition) is 6. The summed E-state index contributed by atoms with van der Waals surface area (Å²) < 4.78 is 4.36. The summed E-state index contributed by atoms with van der Waals surface area (Å²) in [7, 11) is 0. The van der Waals surface area contributed by atoms with Gasteiger partial charge in [-0.05, 0) is 0 Å². The summed E-state index contributed by atoms with van der Waals surface area (Å²) in [6.07, 6.45) is 10.0. The molecule has 0 unspecified atom stereocenters. The maximum atomic E-state index is 4.36. The third-order valence-electron chi connectivity index (χ3n) is 1.82. The van der Waals surface area contributed by atoms with Crippen molar-refractivity contribution in [3.63, 3.8) is 0 Å². The van der Waals surface area contributed by atoms with Crippen LogP contribution in [0.5, 0.6) is 0 Å². The van der Waals surface area contributed by atoms with Crippen molar-refractivity contribution in [3.8, 4) is 0 Å². The fourth-order valence-corrected chi connectivity index (χ4v) is 1.43. The summed E-state index contributed by atoms with van der Waals surface area (Å²) in [5.74, 6) is 0. The van der Waals surface area contributed by atoms with E-state index >= 15 is 0 Å². The molecule has 2 heterocycles. The quantitative estimate of drug-likeness (QED) is 0.690. The van der Waals surface area contributed by atoms with Crippen molar-refractivity contribution < 1.29 is 4.42 Å². The van der Waals surface area contributed by atoms with Crippen LogP contribution in [0.4, 0.5) is 0 Å². The van der Waals surface area contributed by atoms with Crippen LogP contribution in [0.15, 0.2) is 28.2 Å². The monoisotopic (exact) mass is 226 g/mol. The van der Waals surface area contributed by atoms with Gasteiger partial charge in [-0.2, -0.15) is 0 Å². The average Bonchev–Trinajstić information content (AvgIpc) is 3.09. The molecule has 1 aliphatic rings. The minimum Gasteiger partial charge on any atom is -0.431 e. The number of aromatic nitrogens is 4. The summed E-state index contributed by atoms with van der Waals surface area (Å²) in [6, 6.07) is 0. The molecule has 0 N–H and O–H groups in total. The van der Waals surface area contributed by atoms with Gasteiger partial charge < -0.3 is 4.42 Å². The molecule has 2 aromatic rings. The Bertz CT molecular complexity index is 213. The lowest BCUT2D eigenvalue weighted by molar-refractivity contribution is 0.553. The van der Waals surface area contributed by atoms with Gasteiger partial charge in [0.1, 0.15) is 11.0 Å². The van der Waals surface area contributed by atoms with Gasteiger partial charge in [0.15, 0.2) is 0 Å². The lowest BCUT2D eigenvalue weighted by Gasteiger charge is -1.67. The van der Waals surface area contributed by atoms with Crippen LogP contribution in [0.2, 0.25) is 0 Å². The standard InChI is InChI=1S/C5H10.C2H2N2O.C2H2N2S/c1-2-4-5-3-1;2*1-3-4-2-5-1/h1-5H2;2*1-2H. The highest BCUT2D eigenvalue weighted by molar-refractivity contribution is 7.07. The van der Waals surface area contributed by atoms with Crippen LogP contribution in [0, 0.1) is 0 Å². The Labute approximate surface area is 92.6 Å². The fraction of sp³-hybridized carbons (Fsp3) is 0.556. The van der Waals surface area contributed by atoms with E-state index in [0.717, 1.165) is 0 Å². The van der Waals surface area contributed by atoms with Gasteiger partial charge >= 0.3 is 0 Å². The summed E-state index contributed by atoms with van der Waals surface area (Å²) in [5.41, 5.74) is 3.36. The van der Waals surface area contributed by atoms with Crippen molar-refractivity contribution in [2.45, 2.75) is 32.1 Å². The third-order valence-corrected chi connectivity index (χ3v) is 2.25. The molecular formula is C9H14N4OS. The van der Waals surface area contributed by atoms with Crippen molar-refractivity contribution in [2.75, 3.05) is 0 Å². The maximum absolute atomic E-state index is 4.36. The molecule has 0 atom stereocenters. The van der Waals surface area contributed by atoms with Gasteiger partial charge in [-0.25, -0.2) is 0 Å². The largest absolute Gasteiger partial charge is 0.431 e. The molecule has 1 saturated carbocycles. The zero-order valence-corrected chi connectivity index (χ0v) is 9.27. The molecule has 3 rings (SSSR count). The molecule has 1 fully saturated rings. The van der Waals surface area contributed by atoms with Crippen LogP contribution in [-0.2, 0) is 0 Å². The molecule has 0 amide bonds. The molecule has 1 aliphatic carbocycles. The lowest BCUT2D eigenvalue weighted by Crippen LogP contribution is -1.53. The molecule has 5 nitrogen and oxygen atoms in total. The van der Waals surface area contributed by atoms with E-state index in [4.69, 9.17) is 0 Å². The predicted octanol–water partition coefficient (Wildman–Crippen LogP) is 2.56. The van der Waals surface area contributed by atoms with E-state index in [-0.39, 0.29) is 0 Å². The van der Waals surface area contributed by atoms with E-state index in [9.17, 15) is 0 Å². The second kappa shape index (κ2) is 9.26. The van der Waals surface area contributed by atoms with E-state index in [0.29, 0.717) is 0 Å². The minimum absolute atomic E-state index is 1.26. The highest BCUT2D eigenvalue weighted by Crippen LogP contribution is 2.15. The van der Waals surface area contributed by atoms with E-state index in [2.05, 4.69) is 24.8 Å². The SMILES string of the molecule is C1CCCC1.c1nnco1.c1nncs1. The summed E-state index contributed by atoms with van der Waals surface area (Å²) in [5, 5.41) is 13.6.